The Kier molecular flexibility index (Phi) is 5.97. The van der Waals surface area contributed by atoms with E-state index in [1.165, 1.54) is 0 Å². The van der Waals surface area contributed by atoms with Crippen molar-refractivity contribution in [1.82, 2.24) is 4.98 Å². The van der Waals surface area contributed by atoms with Crippen LogP contribution in [0, 0.1) is 11.8 Å². The third-order valence-electron chi connectivity index (χ3n) is 4.57. The second-order valence-electron chi connectivity index (χ2n) is 6.74. The quantitative estimate of drug-likeness (QED) is 0.388. The maximum Gasteiger partial charge on any atom is 0.256 e. The highest BCUT2D eigenvalue weighted by molar-refractivity contribution is 6.17. The van der Waals surface area contributed by atoms with E-state index < -0.39 is 0 Å². The Hall–Kier alpha value is -4.49. The van der Waals surface area contributed by atoms with Crippen molar-refractivity contribution >= 4 is 17.4 Å². The number of pyridine rings is 1. The molecule has 148 valence electrons. The molecule has 1 amide bonds. The lowest BCUT2D eigenvalue weighted by molar-refractivity contribution is 0.0996. The topological polar surface area (TPSA) is 59.1 Å². The van der Waals surface area contributed by atoms with Gasteiger partial charge in [0.1, 0.15) is 5.69 Å². The Morgan fingerprint density at radius 1 is 0.710 bits per heavy atom. The van der Waals surface area contributed by atoms with Gasteiger partial charge >= 0.3 is 0 Å². The average molecular weight is 402 g/mol. The normalized spacial score (nSPS) is 9.94. The van der Waals surface area contributed by atoms with Gasteiger partial charge in [-0.3, -0.25) is 9.59 Å². The number of nitrogens with zero attached hydrogens (tertiary/aromatic N) is 1. The van der Waals surface area contributed by atoms with Crippen molar-refractivity contribution in [3.63, 3.8) is 0 Å². The summed E-state index contributed by atoms with van der Waals surface area (Å²) in [5.74, 6) is 5.50. The second kappa shape index (κ2) is 9.34. The summed E-state index contributed by atoms with van der Waals surface area (Å²) >= 11 is 0. The molecule has 0 unspecified atom stereocenters. The summed E-state index contributed by atoms with van der Waals surface area (Å²) in [5.41, 5.74) is 3.23. The highest BCUT2D eigenvalue weighted by Crippen LogP contribution is 2.17. The van der Waals surface area contributed by atoms with Crippen molar-refractivity contribution in [3.05, 3.63) is 131 Å². The van der Waals surface area contributed by atoms with Crippen molar-refractivity contribution in [2.24, 2.45) is 0 Å². The molecule has 31 heavy (non-hydrogen) atoms. The fourth-order valence-electron chi connectivity index (χ4n) is 3.07. The van der Waals surface area contributed by atoms with Gasteiger partial charge < -0.3 is 5.32 Å². The minimum absolute atomic E-state index is 0.193. The molecule has 3 aromatic carbocycles. The third kappa shape index (κ3) is 4.92. The number of carbonyl (C=O) groups excluding carboxylic acids is 2. The fraction of sp³-hybridized carbons (Fsp3) is 0. The van der Waals surface area contributed by atoms with Crippen molar-refractivity contribution < 1.29 is 9.59 Å². The first-order valence-electron chi connectivity index (χ1n) is 9.74. The largest absolute Gasteiger partial charge is 0.322 e. The number of ketones is 1. The standard InChI is InChI=1S/C27H18N2O2/c30-26(21-10-2-1-3-11-21)24-14-4-5-15-25(24)27(31)29-23-13-8-9-20(19-23)16-17-22-12-6-7-18-28-22/h1-15,18-19H,(H,29,31). The van der Waals surface area contributed by atoms with E-state index >= 15 is 0 Å². The molecule has 4 rings (SSSR count). The van der Waals surface area contributed by atoms with E-state index in [9.17, 15) is 9.59 Å². The molecule has 0 radical (unpaired) electrons. The summed E-state index contributed by atoms with van der Waals surface area (Å²) in [6, 6.07) is 28.5. The molecule has 0 bridgehead atoms. The van der Waals surface area contributed by atoms with Crippen LogP contribution in [0.5, 0.6) is 0 Å². The SMILES string of the molecule is O=C(Nc1cccc(C#Cc2ccccn2)c1)c1ccccc1C(=O)c1ccccc1. The van der Waals surface area contributed by atoms with Gasteiger partial charge in [0.15, 0.2) is 5.78 Å². The lowest BCUT2D eigenvalue weighted by Gasteiger charge is -2.10. The number of amides is 1. The zero-order valence-corrected chi connectivity index (χ0v) is 16.6. The summed E-state index contributed by atoms with van der Waals surface area (Å²) in [5, 5.41) is 2.87. The fourth-order valence-corrected chi connectivity index (χ4v) is 3.07. The Labute approximate surface area is 180 Å². The van der Waals surface area contributed by atoms with E-state index in [-0.39, 0.29) is 11.7 Å². The van der Waals surface area contributed by atoms with E-state index in [1.807, 2.05) is 36.4 Å². The number of aromatic nitrogens is 1. The number of rotatable bonds is 4. The molecule has 0 aliphatic rings. The van der Waals surface area contributed by atoms with Crippen molar-refractivity contribution in [3.8, 4) is 11.8 Å². The minimum Gasteiger partial charge on any atom is -0.322 e. The van der Waals surface area contributed by atoms with Gasteiger partial charge in [0.2, 0.25) is 0 Å². The lowest BCUT2D eigenvalue weighted by Crippen LogP contribution is -2.17. The van der Waals surface area contributed by atoms with Crippen LogP contribution in [0.25, 0.3) is 0 Å². The maximum absolute atomic E-state index is 13.0. The van der Waals surface area contributed by atoms with Gasteiger partial charge in [0, 0.05) is 28.6 Å². The van der Waals surface area contributed by atoms with Crippen molar-refractivity contribution in [1.29, 1.82) is 0 Å². The Morgan fingerprint density at radius 3 is 2.23 bits per heavy atom. The summed E-state index contributed by atoms with van der Waals surface area (Å²) < 4.78 is 0. The Balaban J connectivity index is 1.56. The lowest BCUT2D eigenvalue weighted by atomic mass is 9.98. The molecule has 1 N–H and O–H groups in total. The number of nitrogens with one attached hydrogen (secondary N) is 1. The van der Waals surface area contributed by atoms with Gasteiger partial charge in [0.05, 0.1) is 5.56 Å². The Morgan fingerprint density at radius 2 is 1.45 bits per heavy atom. The molecule has 0 atom stereocenters. The first kappa shape index (κ1) is 19.8. The molecule has 0 aliphatic heterocycles. The molecule has 1 aromatic heterocycles. The number of benzene rings is 3. The molecule has 0 saturated carbocycles. The molecule has 4 nitrogen and oxygen atoms in total. The average Bonchev–Trinajstić information content (AvgIpc) is 2.84. The van der Waals surface area contributed by atoms with Crippen LogP contribution in [0.1, 0.15) is 37.5 Å². The zero-order valence-electron chi connectivity index (χ0n) is 16.6. The highest BCUT2D eigenvalue weighted by Gasteiger charge is 2.18. The molecule has 0 spiro atoms. The van der Waals surface area contributed by atoms with Gasteiger partial charge in [-0.15, -0.1) is 0 Å². The van der Waals surface area contributed by atoms with Gasteiger partial charge in [0.25, 0.3) is 5.91 Å². The monoisotopic (exact) mass is 402 g/mol. The van der Waals surface area contributed by atoms with Gasteiger partial charge in [-0.2, -0.15) is 0 Å². The van der Waals surface area contributed by atoms with Crippen LogP contribution >= 0.6 is 0 Å². The van der Waals surface area contributed by atoms with E-state index in [1.54, 1.807) is 66.9 Å². The number of hydrogen-bond acceptors (Lipinski definition) is 3. The van der Waals surface area contributed by atoms with E-state index in [0.717, 1.165) is 5.56 Å². The van der Waals surface area contributed by atoms with Crippen LogP contribution in [0.15, 0.2) is 103 Å². The molecule has 0 aliphatic carbocycles. The van der Waals surface area contributed by atoms with Crippen LogP contribution < -0.4 is 5.32 Å². The number of hydrogen-bond donors (Lipinski definition) is 1. The number of anilines is 1. The van der Waals surface area contributed by atoms with E-state index in [2.05, 4.69) is 22.1 Å². The molecule has 4 aromatic rings. The highest BCUT2D eigenvalue weighted by atomic mass is 16.2. The van der Waals surface area contributed by atoms with Crippen LogP contribution in [-0.4, -0.2) is 16.7 Å². The molecule has 0 fully saturated rings. The van der Waals surface area contributed by atoms with E-state index in [0.29, 0.717) is 28.1 Å². The van der Waals surface area contributed by atoms with Crippen LogP contribution in [0.3, 0.4) is 0 Å². The summed E-state index contributed by atoms with van der Waals surface area (Å²) in [6.07, 6.45) is 1.69. The molecular formula is C27H18N2O2. The summed E-state index contributed by atoms with van der Waals surface area (Å²) in [4.78, 5) is 30.0. The first-order valence-corrected chi connectivity index (χ1v) is 9.74. The predicted molar refractivity (Wildman–Crippen MR) is 121 cm³/mol. The first-order chi connectivity index (χ1) is 15.2. The third-order valence-corrected chi connectivity index (χ3v) is 4.57. The molecular weight excluding hydrogens is 384 g/mol. The molecule has 1 heterocycles. The number of carbonyl (C=O) groups is 2. The zero-order chi connectivity index (χ0) is 21.5. The maximum atomic E-state index is 13.0. The smallest absolute Gasteiger partial charge is 0.256 e. The second-order valence-corrected chi connectivity index (χ2v) is 6.74. The van der Waals surface area contributed by atoms with Crippen LogP contribution in [0.4, 0.5) is 5.69 Å². The Bertz CT molecular complexity index is 1290. The minimum atomic E-state index is -0.352. The predicted octanol–water partition coefficient (Wildman–Crippen LogP) is 4.96. The molecule has 4 heteroatoms. The van der Waals surface area contributed by atoms with Gasteiger partial charge in [-0.05, 0) is 42.3 Å². The van der Waals surface area contributed by atoms with Crippen LogP contribution in [-0.2, 0) is 0 Å². The van der Waals surface area contributed by atoms with Gasteiger partial charge in [-0.25, -0.2) is 4.98 Å². The summed E-state index contributed by atoms with van der Waals surface area (Å²) in [6.45, 7) is 0. The van der Waals surface area contributed by atoms with Crippen molar-refractivity contribution in [2.75, 3.05) is 5.32 Å². The van der Waals surface area contributed by atoms with E-state index in [4.69, 9.17) is 0 Å². The molecule has 0 saturated heterocycles. The summed E-state index contributed by atoms with van der Waals surface area (Å²) in [7, 11) is 0. The van der Waals surface area contributed by atoms with Crippen molar-refractivity contribution in [2.45, 2.75) is 0 Å². The van der Waals surface area contributed by atoms with Gasteiger partial charge in [-0.1, -0.05) is 66.6 Å². The van der Waals surface area contributed by atoms with Crippen LogP contribution in [0.2, 0.25) is 0 Å².